The third kappa shape index (κ3) is 3.92. The Hall–Kier alpha value is -2.13. The minimum absolute atomic E-state index is 0.0240. The highest BCUT2D eigenvalue weighted by molar-refractivity contribution is 5.95. The van der Waals surface area contributed by atoms with Crippen LogP contribution >= 0.6 is 0 Å². The molecule has 110 valence electrons. The molecule has 2 aromatic carbocycles. The molecule has 0 unspecified atom stereocenters. The maximum absolute atomic E-state index is 12.4. The third-order valence-corrected chi connectivity index (χ3v) is 3.60. The Bertz CT molecular complexity index is 605. The van der Waals surface area contributed by atoms with Gasteiger partial charge in [0.15, 0.2) is 0 Å². The minimum Gasteiger partial charge on any atom is -0.346 e. The molecule has 0 aromatic heterocycles. The molecule has 0 aliphatic heterocycles. The fourth-order valence-electron chi connectivity index (χ4n) is 2.33. The summed E-state index contributed by atoms with van der Waals surface area (Å²) in [6.07, 6.45) is 0.711. The van der Waals surface area contributed by atoms with Crippen molar-refractivity contribution in [1.82, 2.24) is 5.32 Å². The highest BCUT2D eigenvalue weighted by atomic mass is 16.1. The normalized spacial score (nSPS) is 12.0. The predicted octanol–water partition coefficient (Wildman–Crippen LogP) is 2.99. The van der Waals surface area contributed by atoms with E-state index in [2.05, 4.69) is 24.4 Å². The average molecular weight is 282 g/mol. The van der Waals surface area contributed by atoms with Gasteiger partial charge in [-0.05, 0) is 44.0 Å². The number of rotatable bonds is 5. The number of amides is 1. The molecule has 0 saturated heterocycles. The largest absolute Gasteiger partial charge is 0.346 e. The Kier molecular flexibility index (Phi) is 5.12. The molecule has 0 heterocycles. The van der Waals surface area contributed by atoms with Gasteiger partial charge in [0, 0.05) is 5.56 Å². The molecular formula is C18H22N2O. The van der Waals surface area contributed by atoms with Gasteiger partial charge in [0.1, 0.15) is 0 Å². The zero-order valence-corrected chi connectivity index (χ0v) is 12.6. The molecule has 0 aliphatic rings. The van der Waals surface area contributed by atoms with Gasteiger partial charge in [-0.1, -0.05) is 48.0 Å². The zero-order valence-electron chi connectivity index (χ0n) is 12.6. The van der Waals surface area contributed by atoms with Crippen LogP contribution in [0.1, 0.15) is 40.0 Å². The molecule has 3 nitrogen and oxygen atoms in total. The molecule has 1 atom stereocenters. The molecule has 1 amide bonds. The Morgan fingerprint density at radius 2 is 1.81 bits per heavy atom. The summed E-state index contributed by atoms with van der Waals surface area (Å²) in [7, 11) is 0. The van der Waals surface area contributed by atoms with Crippen molar-refractivity contribution in [2.24, 2.45) is 5.73 Å². The summed E-state index contributed by atoms with van der Waals surface area (Å²) in [5.41, 5.74) is 9.62. The number of carbonyl (C=O) groups is 1. The van der Waals surface area contributed by atoms with Gasteiger partial charge in [-0.25, -0.2) is 0 Å². The van der Waals surface area contributed by atoms with E-state index in [0.717, 1.165) is 11.1 Å². The van der Waals surface area contributed by atoms with Crippen molar-refractivity contribution in [1.29, 1.82) is 0 Å². The molecule has 0 aliphatic carbocycles. The van der Waals surface area contributed by atoms with Gasteiger partial charge >= 0.3 is 0 Å². The van der Waals surface area contributed by atoms with Crippen LogP contribution in [0, 0.1) is 6.92 Å². The molecule has 0 bridgehead atoms. The first-order valence-corrected chi connectivity index (χ1v) is 7.27. The first-order chi connectivity index (χ1) is 10.1. The van der Waals surface area contributed by atoms with Crippen LogP contribution in [0.3, 0.4) is 0 Å². The van der Waals surface area contributed by atoms with Gasteiger partial charge in [0.25, 0.3) is 5.91 Å². The maximum Gasteiger partial charge on any atom is 0.252 e. The number of aryl methyl sites for hydroxylation is 1. The second kappa shape index (κ2) is 7.04. The number of hydrogen-bond acceptors (Lipinski definition) is 2. The fraction of sp³-hybridized carbons (Fsp3) is 0.278. The number of benzene rings is 2. The van der Waals surface area contributed by atoms with Crippen molar-refractivity contribution in [3.8, 4) is 0 Å². The topological polar surface area (TPSA) is 55.1 Å². The van der Waals surface area contributed by atoms with Gasteiger partial charge in [0.2, 0.25) is 0 Å². The predicted molar refractivity (Wildman–Crippen MR) is 86.3 cm³/mol. The Labute approximate surface area is 126 Å². The quantitative estimate of drug-likeness (QED) is 0.885. The Morgan fingerprint density at radius 1 is 1.14 bits per heavy atom. The van der Waals surface area contributed by atoms with E-state index in [1.54, 1.807) is 0 Å². The van der Waals surface area contributed by atoms with E-state index in [0.29, 0.717) is 18.5 Å². The van der Waals surface area contributed by atoms with Gasteiger partial charge in [-0.2, -0.15) is 0 Å². The first-order valence-electron chi connectivity index (χ1n) is 7.27. The highest BCUT2D eigenvalue weighted by Gasteiger charge is 2.14. The standard InChI is InChI=1S/C18H22N2O/c1-13-7-9-15(10-8-13)14(2)20-18(21)17-6-4-3-5-16(17)11-12-19/h3-10,14H,11-12,19H2,1-2H3,(H,20,21)/t14-/m1/s1. The summed E-state index contributed by atoms with van der Waals surface area (Å²) < 4.78 is 0. The SMILES string of the molecule is Cc1ccc([C@@H](C)NC(=O)c2ccccc2CCN)cc1. The van der Waals surface area contributed by atoms with Crippen molar-refractivity contribution >= 4 is 5.91 Å². The van der Waals surface area contributed by atoms with Crippen LogP contribution in [0.5, 0.6) is 0 Å². The van der Waals surface area contributed by atoms with Crippen molar-refractivity contribution in [3.63, 3.8) is 0 Å². The molecule has 0 fully saturated rings. The van der Waals surface area contributed by atoms with Crippen LogP contribution in [0.25, 0.3) is 0 Å². The van der Waals surface area contributed by atoms with Gasteiger partial charge in [0.05, 0.1) is 6.04 Å². The van der Waals surface area contributed by atoms with E-state index in [1.807, 2.05) is 43.3 Å². The summed E-state index contributed by atoms with van der Waals surface area (Å²) in [5.74, 6) is -0.0490. The zero-order chi connectivity index (χ0) is 15.2. The smallest absolute Gasteiger partial charge is 0.252 e. The number of nitrogens with two attached hydrogens (primary N) is 1. The Morgan fingerprint density at radius 3 is 2.48 bits per heavy atom. The lowest BCUT2D eigenvalue weighted by molar-refractivity contribution is 0.0939. The van der Waals surface area contributed by atoms with E-state index >= 15 is 0 Å². The van der Waals surface area contributed by atoms with E-state index in [-0.39, 0.29) is 11.9 Å². The molecule has 2 aromatic rings. The van der Waals surface area contributed by atoms with Crippen LogP contribution in [0.2, 0.25) is 0 Å². The van der Waals surface area contributed by atoms with E-state index < -0.39 is 0 Å². The van der Waals surface area contributed by atoms with Gasteiger partial charge in [-0.3, -0.25) is 4.79 Å². The number of carbonyl (C=O) groups excluding carboxylic acids is 1. The van der Waals surface area contributed by atoms with Crippen molar-refractivity contribution in [2.45, 2.75) is 26.3 Å². The molecule has 2 rings (SSSR count). The molecule has 3 N–H and O–H groups in total. The molecule has 0 spiro atoms. The van der Waals surface area contributed by atoms with E-state index in [4.69, 9.17) is 5.73 Å². The van der Waals surface area contributed by atoms with Crippen LogP contribution in [0.4, 0.5) is 0 Å². The molecule has 21 heavy (non-hydrogen) atoms. The van der Waals surface area contributed by atoms with Crippen LogP contribution in [-0.2, 0) is 6.42 Å². The van der Waals surface area contributed by atoms with Crippen LogP contribution < -0.4 is 11.1 Å². The summed E-state index contributed by atoms with van der Waals surface area (Å²) >= 11 is 0. The molecule has 0 saturated carbocycles. The Balaban J connectivity index is 2.12. The summed E-state index contributed by atoms with van der Waals surface area (Å²) in [4.78, 5) is 12.4. The summed E-state index contributed by atoms with van der Waals surface area (Å²) in [6, 6.07) is 15.8. The monoisotopic (exact) mass is 282 g/mol. The molecular weight excluding hydrogens is 260 g/mol. The molecule has 3 heteroatoms. The lowest BCUT2D eigenvalue weighted by Gasteiger charge is -2.16. The van der Waals surface area contributed by atoms with E-state index in [1.165, 1.54) is 5.56 Å². The molecule has 0 radical (unpaired) electrons. The lowest BCUT2D eigenvalue weighted by atomic mass is 10.0. The average Bonchev–Trinajstić information content (AvgIpc) is 2.48. The van der Waals surface area contributed by atoms with Crippen molar-refractivity contribution in [3.05, 3.63) is 70.8 Å². The fourth-order valence-corrected chi connectivity index (χ4v) is 2.33. The van der Waals surface area contributed by atoms with Crippen LogP contribution in [0.15, 0.2) is 48.5 Å². The van der Waals surface area contributed by atoms with Gasteiger partial charge in [-0.15, -0.1) is 0 Å². The van der Waals surface area contributed by atoms with Crippen molar-refractivity contribution in [2.75, 3.05) is 6.54 Å². The first kappa shape index (κ1) is 15.3. The minimum atomic E-state index is -0.0490. The lowest BCUT2D eigenvalue weighted by Crippen LogP contribution is -2.27. The summed E-state index contributed by atoms with van der Waals surface area (Å²) in [6.45, 7) is 4.59. The highest BCUT2D eigenvalue weighted by Crippen LogP contribution is 2.15. The second-order valence-corrected chi connectivity index (χ2v) is 5.30. The van der Waals surface area contributed by atoms with Crippen molar-refractivity contribution < 1.29 is 4.79 Å². The second-order valence-electron chi connectivity index (χ2n) is 5.30. The third-order valence-electron chi connectivity index (χ3n) is 3.60. The van der Waals surface area contributed by atoms with Gasteiger partial charge < -0.3 is 11.1 Å². The summed E-state index contributed by atoms with van der Waals surface area (Å²) in [5, 5.41) is 3.05. The number of hydrogen-bond donors (Lipinski definition) is 2. The van der Waals surface area contributed by atoms with Crippen LogP contribution in [-0.4, -0.2) is 12.5 Å². The maximum atomic E-state index is 12.4. The van der Waals surface area contributed by atoms with E-state index in [9.17, 15) is 4.79 Å². The number of nitrogens with one attached hydrogen (secondary N) is 1.